The second-order valence-electron chi connectivity index (χ2n) is 6.13. The second-order valence-corrected chi connectivity index (χ2v) is 7.04. The fourth-order valence-electron chi connectivity index (χ4n) is 2.97. The molecular formula is C16H19BrN2O2. The van der Waals surface area contributed by atoms with Gasteiger partial charge in [0.25, 0.3) is 0 Å². The monoisotopic (exact) mass is 350 g/mol. The second kappa shape index (κ2) is 5.44. The number of nitrogens with zero attached hydrogens (tertiary/aromatic N) is 1. The molecule has 2 fully saturated rings. The van der Waals surface area contributed by atoms with Crippen LogP contribution in [0.3, 0.4) is 0 Å². The van der Waals surface area contributed by atoms with E-state index in [1.165, 1.54) is 0 Å². The lowest BCUT2D eigenvalue weighted by atomic mass is 9.94. The van der Waals surface area contributed by atoms with Crippen molar-refractivity contribution in [2.24, 2.45) is 5.92 Å². The minimum atomic E-state index is -0.719. The summed E-state index contributed by atoms with van der Waals surface area (Å²) in [6.45, 7) is 2.93. The first kappa shape index (κ1) is 14.6. The Hall–Kier alpha value is -1.36. The third-order valence-corrected chi connectivity index (χ3v) is 4.95. The van der Waals surface area contributed by atoms with Crippen molar-refractivity contribution in [3.8, 4) is 0 Å². The van der Waals surface area contributed by atoms with Crippen LogP contribution >= 0.6 is 15.9 Å². The number of rotatable bonds is 3. The normalized spacial score (nSPS) is 26.5. The molecule has 1 aromatic rings. The van der Waals surface area contributed by atoms with Crippen LogP contribution in [0.5, 0.6) is 0 Å². The molecule has 1 aliphatic heterocycles. The molecule has 1 unspecified atom stereocenters. The fourth-order valence-corrected chi connectivity index (χ4v) is 3.23. The molecule has 1 heterocycles. The van der Waals surface area contributed by atoms with E-state index >= 15 is 0 Å². The summed E-state index contributed by atoms with van der Waals surface area (Å²) in [6, 6.07) is 7.96. The molecule has 0 bridgehead atoms. The summed E-state index contributed by atoms with van der Waals surface area (Å²) in [6.07, 6.45) is 2.42. The molecule has 112 valence electrons. The van der Waals surface area contributed by atoms with Crippen molar-refractivity contribution in [3.05, 3.63) is 34.3 Å². The Balaban J connectivity index is 1.81. The van der Waals surface area contributed by atoms with Gasteiger partial charge in [0.1, 0.15) is 5.54 Å². The summed E-state index contributed by atoms with van der Waals surface area (Å²) in [5.41, 5.74) is 0.363. The van der Waals surface area contributed by atoms with Gasteiger partial charge in [-0.3, -0.25) is 9.59 Å². The van der Waals surface area contributed by atoms with Gasteiger partial charge < -0.3 is 10.2 Å². The van der Waals surface area contributed by atoms with Crippen LogP contribution in [0, 0.1) is 5.92 Å². The fraction of sp³-hybridized carbons (Fsp3) is 0.500. The minimum Gasteiger partial charge on any atom is -0.342 e. The third kappa shape index (κ3) is 2.98. The molecule has 1 saturated heterocycles. The van der Waals surface area contributed by atoms with E-state index in [-0.39, 0.29) is 11.8 Å². The molecule has 5 heteroatoms. The van der Waals surface area contributed by atoms with Gasteiger partial charge >= 0.3 is 0 Å². The molecule has 2 aliphatic rings. The van der Waals surface area contributed by atoms with E-state index in [4.69, 9.17) is 0 Å². The number of nitrogens with one attached hydrogen (secondary N) is 1. The lowest BCUT2D eigenvalue weighted by molar-refractivity contribution is -0.139. The third-order valence-electron chi connectivity index (χ3n) is 4.42. The number of amides is 2. The molecule has 3 rings (SSSR count). The summed E-state index contributed by atoms with van der Waals surface area (Å²) in [5.74, 6) is 0.328. The molecule has 0 aromatic heterocycles. The topological polar surface area (TPSA) is 49.4 Å². The first-order valence-electron chi connectivity index (χ1n) is 7.34. The highest BCUT2D eigenvalue weighted by atomic mass is 79.9. The van der Waals surface area contributed by atoms with Crippen molar-refractivity contribution >= 4 is 27.7 Å². The van der Waals surface area contributed by atoms with E-state index in [1.54, 1.807) is 0 Å². The highest BCUT2D eigenvalue weighted by Crippen LogP contribution is 2.41. The Morgan fingerprint density at radius 2 is 1.95 bits per heavy atom. The van der Waals surface area contributed by atoms with Gasteiger partial charge in [0.15, 0.2) is 0 Å². The van der Waals surface area contributed by atoms with Crippen molar-refractivity contribution in [1.29, 1.82) is 0 Å². The van der Waals surface area contributed by atoms with Crippen molar-refractivity contribution in [2.45, 2.75) is 38.3 Å². The maximum atomic E-state index is 12.9. The Morgan fingerprint density at radius 1 is 1.29 bits per heavy atom. The van der Waals surface area contributed by atoms with E-state index in [9.17, 15) is 9.59 Å². The van der Waals surface area contributed by atoms with Gasteiger partial charge in [0, 0.05) is 24.0 Å². The molecule has 0 radical (unpaired) electrons. The van der Waals surface area contributed by atoms with Gasteiger partial charge in [-0.1, -0.05) is 28.1 Å². The Bertz CT molecular complexity index is 568. The average Bonchev–Trinajstić information content (AvgIpc) is 3.29. The molecule has 1 atom stereocenters. The molecular weight excluding hydrogens is 332 g/mol. The first-order valence-corrected chi connectivity index (χ1v) is 8.13. The summed E-state index contributed by atoms with van der Waals surface area (Å²) in [4.78, 5) is 26.6. The predicted octanol–water partition coefficient (Wildman–Crippen LogP) is 2.47. The van der Waals surface area contributed by atoms with E-state index in [2.05, 4.69) is 21.2 Å². The molecule has 21 heavy (non-hydrogen) atoms. The molecule has 1 aromatic carbocycles. The van der Waals surface area contributed by atoms with Crippen LogP contribution in [0.25, 0.3) is 0 Å². The lowest BCUT2D eigenvalue weighted by Gasteiger charge is -2.32. The van der Waals surface area contributed by atoms with Crippen molar-refractivity contribution in [3.63, 3.8) is 0 Å². The van der Waals surface area contributed by atoms with Gasteiger partial charge in [-0.15, -0.1) is 0 Å². The van der Waals surface area contributed by atoms with Gasteiger partial charge in [-0.05, 0) is 43.4 Å². The first-order chi connectivity index (χ1) is 9.99. The van der Waals surface area contributed by atoms with Gasteiger partial charge in [-0.2, -0.15) is 0 Å². The molecule has 2 amide bonds. The van der Waals surface area contributed by atoms with Gasteiger partial charge in [0.05, 0.1) is 0 Å². The van der Waals surface area contributed by atoms with Crippen molar-refractivity contribution in [1.82, 2.24) is 10.2 Å². The number of halogens is 1. The molecule has 1 N–H and O–H groups in total. The van der Waals surface area contributed by atoms with Crippen LogP contribution in [-0.2, 0) is 16.1 Å². The average molecular weight is 351 g/mol. The zero-order chi connectivity index (χ0) is 15.0. The smallest absolute Gasteiger partial charge is 0.248 e. The van der Waals surface area contributed by atoms with Gasteiger partial charge in [-0.25, -0.2) is 0 Å². The quantitative estimate of drug-likeness (QED) is 0.910. The van der Waals surface area contributed by atoms with Crippen LogP contribution in [0.2, 0.25) is 0 Å². The van der Waals surface area contributed by atoms with Crippen LogP contribution in [0.4, 0.5) is 0 Å². The van der Waals surface area contributed by atoms with Crippen LogP contribution in [0.1, 0.15) is 31.7 Å². The summed E-state index contributed by atoms with van der Waals surface area (Å²) in [7, 11) is 0. The molecule has 1 aliphatic carbocycles. The van der Waals surface area contributed by atoms with Crippen molar-refractivity contribution in [2.75, 3.05) is 6.54 Å². The summed E-state index contributed by atoms with van der Waals surface area (Å²) < 4.78 is 1.02. The maximum Gasteiger partial charge on any atom is 0.248 e. The Morgan fingerprint density at radius 3 is 2.57 bits per heavy atom. The Labute approximate surface area is 133 Å². The lowest BCUT2D eigenvalue weighted by Crippen LogP contribution is -2.56. The largest absolute Gasteiger partial charge is 0.342 e. The van der Waals surface area contributed by atoms with E-state index in [0.717, 1.165) is 22.9 Å². The van der Waals surface area contributed by atoms with E-state index < -0.39 is 5.54 Å². The van der Waals surface area contributed by atoms with Crippen LogP contribution in [-0.4, -0.2) is 28.8 Å². The van der Waals surface area contributed by atoms with E-state index in [0.29, 0.717) is 25.4 Å². The Kier molecular flexibility index (Phi) is 3.78. The van der Waals surface area contributed by atoms with E-state index in [1.807, 2.05) is 36.1 Å². The molecule has 4 nitrogen and oxygen atoms in total. The number of carbonyl (C=O) groups is 2. The molecule has 1 saturated carbocycles. The zero-order valence-electron chi connectivity index (χ0n) is 12.1. The standard InChI is InChI=1S/C16H19BrN2O2/c1-16(12-4-5-12)15(21)19(9-8-14(20)18-16)10-11-2-6-13(17)7-3-11/h2-3,6-7,12H,4-5,8-10H2,1H3,(H,18,20). The SMILES string of the molecule is CC1(C2CC2)NC(=O)CCN(Cc2ccc(Br)cc2)C1=O. The van der Waals surface area contributed by atoms with Crippen LogP contribution in [0.15, 0.2) is 28.7 Å². The zero-order valence-corrected chi connectivity index (χ0v) is 13.6. The number of hydrogen-bond donors (Lipinski definition) is 1. The van der Waals surface area contributed by atoms with Crippen molar-refractivity contribution < 1.29 is 9.59 Å². The minimum absolute atomic E-state index is 0.0175. The highest BCUT2D eigenvalue weighted by molar-refractivity contribution is 9.10. The summed E-state index contributed by atoms with van der Waals surface area (Å²) >= 11 is 3.41. The van der Waals surface area contributed by atoms with Crippen LogP contribution < -0.4 is 5.32 Å². The number of carbonyl (C=O) groups excluding carboxylic acids is 2. The number of hydrogen-bond acceptors (Lipinski definition) is 2. The predicted molar refractivity (Wildman–Crippen MR) is 83.4 cm³/mol. The summed E-state index contributed by atoms with van der Waals surface area (Å²) in [5, 5.41) is 2.95. The maximum absolute atomic E-state index is 12.9. The highest BCUT2D eigenvalue weighted by Gasteiger charge is 2.50. The molecule has 0 spiro atoms. The number of benzene rings is 1. The van der Waals surface area contributed by atoms with Gasteiger partial charge in [0.2, 0.25) is 11.8 Å².